The lowest BCUT2D eigenvalue weighted by Gasteiger charge is -2.16. The van der Waals surface area contributed by atoms with Crippen molar-refractivity contribution in [2.45, 2.75) is 0 Å². The average Bonchev–Trinajstić information content (AvgIpc) is 3.56. The minimum absolute atomic E-state index is 0.904. The van der Waals surface area contributed by atoms with Crippen LogP contribution in [0.4, 0.5) is 0 Å². The van der Waals surface area contributed by atoms with Crippen LogP contribution < -0.4 is 0 Å². The summed E-state index contributed by atoms with van der Waals surface area (Å²) in [6, 6.07) is 66.0. The van der Waals surface area contributed by atoms with Crippen molar-refractivity contribution in [3.63, 3.8) is 0 Å². The van der Waals surface area contributed by atoms with Gasteiger partial charge in [0.1, 0.15) is 11.2 Å². The van der Waals surface area contributed by atoms with Gasteiger partial charge in [0.05, 0.1) is 0 Å². The van der Waals surface area contributed by atoms with Gasteiger partial charge in [0.25, 0.3) is 0 Å². The van der Waals surface area contributed by atoms with Crippen LogP contribution in [0.3, 0.4) is 0 Å². The molecular weight excluding hydrogens is 593 g/mol. The van der Waals surface area contributed by atoms with E-state index < -0.39 is 0 Å². The van der Waals surface area contributed by atoms with Gasteiger partial charge >= 0.3 is 0 Å². The topological polar surface area (TPSA) is 13.1 Å². The molecule has 9 aromatic carbocycles. The summed E-state index contributed by atoms with van der Waals surface area (Å²) in [4.78, 5) is 0. The van der Waals surface area contributed by atoms with Crippen LogP contribution in [0.1, 0.15) is 0 Å². The molecule has 0 spiro atoms. The highest BCUT2D eigenvalue weighted by Gasteiger charge is 2.16. The first-order valence-electron chi connectivity index (χ1n) is 16.8. The summed E-state index contributed by atoms with van der Waals surface area (Å²) in [5.74, 6) is 0. The molecule has 0 saturated carbocycles. The molecule has 1 nitrogen and oxygen atoms in total. The number of hydrogen-bond acceptors (Lipinski definition) is 1. The minimum atomic E-state index is 0.904. The molecule has 0 radical (unpaired) electrons. The Hall–Kier alpha value is -6.44. The van der Waals surface area contributed by atoms with E-state index in [2.05, 4.69) is 176 Å². The molecule has 0 bridgehead atoms. The first-order valence-corrected chi connectivity index (χ1v) is 16.8. The molecule has 0 N–H and O–H groups in total. The molecule has 0 aliphatic heterocycles. The van der Waals surface area contributed by atoms with Crippen molar-refractivity contribution in [1.29, 1.82) is 0 Å². The van der Waals surface area contributed by atoms with Gasteiger partial charge in [0.15, 0.2) is 0 Å². The van der Waals surface area contributed by atoms with Crippen LogP contribution >= 0.6 is 0 Å². The fourth-order valence-electron chi connectivity index (χ4n) is 7.75. The highest BCUT2D eigenvalue weighted by atomic mass is 16.3. The molecule has 10 aromatic rings. The van der Waals surface area contributed by atoms with Gasteiger partial charge < -0.3 is 4.42 Å². The first-order chi connectivity index (χ1) is 24.3. The Labute approximate surface area is 284 Å². The summed E-state index contributed by atoms with van der Waals surface area (Å²) in [7, 11) is 0. The lowest BCUT2D eigenvalue weighted by molar-refractivity contribution is 0.669. The molecule has 0 saturated heterocycles. The average molecular weight is 623 g/mol. The van der Waals surface area contributed by atoms with Gasteiger partial charge in [-0.2, -0.15) is 0 Å². The Bertz CT molecular complexity index is 2880. The number of rotatable bonds is 4. The molecule has 228 valence electrons. The van der Waals surface area contributed by atoms with Crippen molar-refractivity contribution in [2.24, 2.45) is 0 Å². The SMILES string of the molecule is c1ccc2cc(-c3cc(-c4cccc5c(-c6cccc7ccccc67)cccc45)cc(-c4cccc5oc6ccccc6c45)c3)ccc2c1. The Kier molecular flexibility index (Phi) is 6.25. The van der Waals surface area contributed by atoms with Crippen molar-refractivity contribution >= 4 is 54.3 Å². The van der Waals surface area contributed by atoms with Crippen molar-refractivity contribution in [3.8, 4) is 44.5 Å². The molecule has 0 aliphatic rings. The van der Waals surface area contributed by atoms with Gasteiger partial charge in [-0.25, -0.2) is 0 Å². The monoisotopic (exact) mass is 622 g/mol. The van der Waals surface area contributed by atoms with Crippen molar-refractivity contribution < 1.29 is 4.42 Å². The van der Waals surface area contributed by atoms with E-state index in [1.54, 1.807) is 0 Å². The fourth-order valence-corrected chi connectivity index (χ4v) is 7.75. The highest BCUT2D eigenvalue weighted by molar-refractivity contribution is 6.13. The lowest BCUT2D eigenvalue weighted by atomic mass is 9.88. The van der Waals surface area contributed by atoms with Crippen LogP contribution in [-0.2, 0) is 0 Å². The Morgan fingerprint density at radius 1 is 0.265 bits per heavy atom. The van der Waals surface area contributed by atoms with E-state index in [1.165, 1.54) is 76.8 Å². The van der Waals surface area contributed by atoms with Crippen LogP contribution in [0.2, 0.25) is 0 Å². The number of benzene rings is 9. The zero-order valence-corrected chi connectivity index (χ0v) is 26.7. The van der Waals surface area contributed by atoms with Crippen molar-refractivity contribution in [1.82, 2.24) is 0 Å². The number of hydrogen-bond donors (Lipinski definition) is 0. The Balaban J connectivity index is 1.24. The third kappa shape index (κ3) is 4.55. The summed E-state index contributed by atoms with van der Waals surface area (Å²) < 4.78 is 6.34. The van der Waals surface area contributed by atoms with Gasteiger partial charge in [0.2, 0.25) is 0 Å². The summed E-state index contributed by atoms with van der Waals surface area (Å²) in [6.07, 6.45) is 0. The van der Waals surface area contributed by atoms with E-state index in [4.69, 9.17) is 4.42 Å². The van der Waals surface area contributed by atoms with E-state index in [9.17, 15) is 0 Å². The van der Waals surface area contributed by atoms with Gasteiger partial charge in [-0.3, -0.25) is 0 Å². The molecule has 0 amide bonds. The highest BCUT2D eigenvalue weighted by Crippen LogP contribution is 2.42. The first kappa shape index (κ1) is 27.7. The molecule has 0 fully saturated rings. The number of furan rings is 1. The van der Waals surface area contributed by atoms with Gasteiger partial charge in [0, 0.05) is 10.8 Å². The molecule has 10 rings (SSSR count). The van der Waals surface area contributed by atoms with E-state index >= 15 is 0 Å². The predicted octanol–water partition coefficient (Wildman–Crippen LogP) is 13.7. The summed E-state index contributed by atoms with van der Waals surface area (Å²) >= 11 is 0. The van der Waals surface area contributed by atoms with E-state index in [-0.39, 0.29) is 0 Å². The van der Waals surface area contributed by atoms with Crippen molar-refractivity contribution in [2.75, 3.05) is 0 Å². The smallest absolute Gasteiger partial charge is 0.136 e. The third-order valence-corrected chi connectivity index (χ3v) is 10.0. The maximum absolute atomic E-state index is 6.34. The van der Waals surface area contributed by atoms with Crippen LogP contribution in [0.15, 0.2) is 186 Å². The molecule has 1 aromatic heterocycles. The fraction of sp³-hybridized carbons (Fsp3) is 0. The third-order valence-electron chi connectivity index (χ3n) is 10.0. The quantitative estimate of drug-likeness (QED) is 0.190. The summed E-state index contributed by atoms with van der Waals surface area (Å²) in [5, 5.41) is 9.77. The molecule has 0 atom stereocenters. The summed E-state index contributed by atoms with van der Waals surface area (Å²) in [5.41, 5.74) is 11.4. The zero-order chi connectivity index (χ0) is 32.3. The minimum Gasteiger partial charge on any atom is -0.456 e. The standard InChI is InChI=1S/C48H30O/c1-2-13-33-27-34(26-25-31(33)11-1)35-28-36(30-37(29-35)40-18-10-24-47-48(40)45-16-5-6-23-46(45)49-47)39-17-8-21-44-42(39)20-9-22-43(44)41-19-7-14-32-12-3-4-15-38(32)41/h1-30H. The van der Waals surface area contributed by atoms with Crippen LogP contribution in [0, 0.1) is 0 Å². The molecule has 1 heteroatoms. The molecule has 0 aliphatic carbocycles. The normalized spacial score (nSPS) is 11.7. The second-order valence-corrected chi connectivity index (χ2v) is 12.9. The van der Waals surface area contributed by atoms with E-state index in [0.29, 0.717) is 0 Å². The molecular formula is C48H30O. The number of fused-ring (bicyclic) bond motifs is 6. The maximum atomic E-state index is 6.34. The van der Waals surface area contributed by atoms with E-state index in [0.717, 1.165) is 21.9 Å². The van der Waals surface area contributed by atoms with E-state index in [1.807, 2.05) is 6.07 Å². The number of para-hydroxylation sites is 1. The lowest BCUT2D eigenvalue weighted by Crippen LogP contribution is -1.89. The van der Waals surface area contributed by atoms with Crippen LogP contribution in [-0.4, -0.2) is 0 Å². The van der Waals surface area contributed by atoms with Gasteiger partial charge in [-0.1, -0.05) is 146 Å². The van der Waals surface area contributed by atoms with Gasteiger partial charge in [-0.05, 0) is 113 Å². The second-order valence-electron chi connectivity index (χ2n) is 12.9. The Morgan fingerprint density at radius 2 is 0.796 bits per heavy atom. The molecule has 49 heavy (non-hydrogen) atoms. The van der Waals surface area contributed by atoms with Gasteiger partial charge in [-0.15, -0.1) is 0 Å². The molecule has 0 unspecified atom stereocenters. The maximum Gasteiger partial charge on any atom is 0.136 e. The second kappa shape index (κ2) is 11.1. The predicted molar refractivity (Wildman–Crippen MR) is 208 cm³/mol. The summed E-state index contributed by atoms with van der Waals surface area (Å²) in [6.45, 7) is 0. The Morgan fingerprint density at radius 3 is 1.65 bits per heavy atom. The van der Waals surface area contributed by atoms with Crippen LogP contribution in [0.25, 0.3) is 98.8 Å². The van der Waals surface area contributed by atoms with Crippen molar-refractivity contribution in [3.05, 3.63) is 182 Å². The largest absolute Gasteiger partial charge is 0.456 e. The zero-order valence-electron chi connectivity index (χ0n) is 26.7. The molecule has 1 heterocycles. The van der Waals surface area contributed by atoms with Crippen LogP contribution in [0.5, 0.6) is 0 Å².